The molecule has 2 aromatic carbocycles. The van der Waals surface area contributed by atoms with E-state index in [-0.39, 0.29) is 28.3 Å². The van der Waals surface area contributed by atoms with Gasteiger partial charge in [0.15, 0.2) is 0 Å². The summed E-state index contributed by atoms with van der Waals surface area (Å²) >= 11 is 0. The van der Waals surface area contributed by atoms with Crippen LogP contribution >= 0.6 is 0 Å². The minimum atomic E-state index is -3.88. The second kappa shape index (κ2) is 8.14. The van der Waals surface area contributed by atoms with E-state index in [0.717, 1.165) is 6.07 Å². The average Bonchev–Trinajstić information content (AvgIpc) is 2.53. The molecule has 9 nitrogen and oxygen atoms in total. The highest BCUT2D eigenvalue weighted by Gasteiger charge is 2.23. The maximum atomic E-state index is 12.2. The summed E-state index contributed by atoms with van der Waals surface area (Å²) in [6.45, 7) is 4.64. The summed E-state index contributed by atoms with van der Waals surface area (Å²) in [7, 11) is -3.88. The van der Waals surface area contributed by atoms with E-state index in [2.05, 4.69) is 10.0 Å². The fourth-order valence-electron chi connectivity index (χ4n) is 2.24. The zero-order chi connectivity index (χ0) is 20.2. The van der Waals surface area contributed by atoms with Gasteiger partial charge in [0.05, 0.1) is 9.82 Å². The first kappa shape index (κ1) is 20.3. The summed E-state index contributed by atoms with van der Waals surface area (Å²) in [5.41, 5.74) is -0.0328. The summed E-state index contributed by atoms with van der Waals surface area (Å²) in [5, 5.41) is 14.0. The number of carbonyl (C=O) groups excluding carboxylic acids is 1. The van der Waals surface area contributed by atoms with E-state index in [1.807, 2.05) is 0 Å². The molecule has 144 valence electrons. The highest BCUT2D eigenvalue weighted by molar-refractivity contribution is 7.89. The van der Waals surface area contributed by atoms with E-state index in [1.54, 1.807) is 32.0 Å². The van der Waals surface area contributed by atoms with Crippen LogP contribution in [0.4, 0.5) is 11.4 Å². The molecule has 2 aromatic rings. The summed E-state index contributed by atoms with van der Waals surface area (Å²) < 4.78 is 32.3. The van der Waals surface area contributed by atoms with E-state index >= 15 is 0 Å². The molecule has 0 spiro atoms. The van der Waals surface area contributed by atoms with Crippen molar-refractivity contribution in [3.8, 4) is 11.5 Å². The lowest BCUT2D eigenvalue weighted by atomic mass is 10.2. The fraction of sp³-hybridized carbons (Fsp3) is 0.235. The van der Waals surface area contributed by atoms with E-state index in [4.69, 9.17) is 4.74 Å². The lowest BCUT2D eigenvalue weighted by Crippen LogP contribution is -2.30. The van der Waals surface area contributed by atoms with E-state index in [1.165, 1.54) is 25.1 Å². The monoisotopic (exact) mass is 393 g/mol. The molecule has 0 heterocycles. The Bertz CT molecular complexity index is 972. The number of benzene rings is 2. The predicted octanol–water partition coefficient (Wildman–Crippen LogP) is 3.03. The summed E-state index contributed by atoms with van der Waals surface area (Å²) in [6.07, 6.45) is 0. The average molecular weight is 393 g/mol. The van der Waals surface area contributed by atoms with Gasteiger partial charge in [-0.15, -0.1) is 0 Å². The lowest BCUT2D eigenvalue weighted by molar-refractivity contribution is -0.385. The zero-order valence-electron chi connectivity index (χ0n) is 14.9. The molecule has 0 aromatic heterocycles. The molecule has 1 amide bonds. The van der Waals surface area contributed by atoms with Crippen molar-refractivity contribution in [2.75, 3.05) is 5.32 Å². The Morgan fingerprint density at radius 2 is 1.89 bits per heavy atom. The Balaban J connectivity index is 2.38. The van der Waals surface area contributed by atoms with Gasteiger partial charge in [-0.2, -0.15) is 0 Å². The van der Waals surface area contributed by atoms with Crippen LogP contribution < -0.4 is 14.8 Å². The number of amides is 1. The molecule has 0 bridgehead atoms. The second-order valence-electron chi connectivity index (χ2n) is 5.97. The smallest absolute Gasteiger partial charge is 0.312 e. The van der Waals surface area contributed by atoms with Gasteiger partial charge < -0.3 is 10.1 Å². The van der Waals surface area contributed by atoms with Crippen molar-refractivity contribution >= 4 is 27.3 Å². The first-order valence-electron chi connectivity index (χ1n) is 7.95. The van der Waals surface area contributed by atoms with Gasteiger partial charge in [0.1, 0.15) is 5.75 Å². The lowest BCUT2D eigenvalue weighted by Gasteiger charge is -2.11. The highest BCUT2D eigenvalue weighted by Crippen LogP contribution is 2.34. The Kier molecular flexibility index (Phi) is 6.13. The van der Waals surface area contributed by atoms with Crippen LogP contribution in [0.3, 0.4) is 0 Å². The second-order valence-corrected chi connectivity index (χ2v) is 7.69. The Morgan fingerprint density at radius 1 is 1.19 bits per heavy atom. The SMILES string of the molecule is CC(=O)Nc1cccc(Oc2ccc(S(=O)(=O)NC(C)C)cc2[N+](=O)[O-])c1. The van der Waals surface area contributed by atoms with Crippen LogP contribution in [0.1, 0.15) is 20.8 Å². The molecule has 0 atom stereocenters. The number of ether oxygens (including phenoxy) is 1. The first-order chi connectivity index (χ1) is 12.6. The van der Waals surface area contributed by atoms with Gasteiger partial charge in [0, 0.05) is 30.8 Å². The normalized spacial score (nSPS) is 11.3. The van der Waals surface area contributed by atoms with Crippen molar-refractivity contribution in [2.45, 2.75) is 31.7 Å². The first-order valence-corrected chi connectivity index (χ1v) is 9.43. The number of hydrogen-bond donors (Lipinski definition) is 2. The molecule has 0 saturated carbocycles. The third-order valence-corrected chi connectivity index (χ3v) is 4.87. The van der Waals surface area contributed by atoms with E-state index in [0.29, 0.717) is 5.69 Å². The molecule has 0 aliphatic rings. The zero-order valence-corrected chi connectivity index (χ0v) is 15.7. The van der Waals surface area contributed by atoms with Crippen LogP contribution in [0.25, 0.3) is 0 Å². The molecule has 2 N–H and O–H groups in total. The molecule has 0 fully saturated rings. The van der Waals surface area contributed by atoms with Crippen LogP contribution in [0.5, 0.6) is 11.5 Å². The highest BCUT2D eigenvalue weighted by atomic mass is 32.2. The van der Waals surface area contributed by atoms with Gasteiger partial charge in [-0.25, -0.2) is 13.1 Å². The number of nitro groups is 1. The van der Waals surface area contributed by atoms with Crippen LogP contribution in [-0.4, -0.2) is 25.3 Å². The Hall–Kier alpha value is -2.98. The van der Waals surface area contributed by atoms with Crippen LogP contribution in [-0.2, 0) is 14.8 Å². The van der Waals surface area contributed by atoms with Gasteiger partial charge in [0.2, 0.25) is 21.7 Å². The maximum Gasteiger partial charge on any atom is 0.312 e. The van der Waals surface area contributed by atoms with Crippen molar-refractivity contribution in [1.29, 1.82) is 0 Å². The van der Waals surface area contributed by atoms with Crippen LogP contribution in [0.15, 0.2) is 47.4 Å². The number of nitrogens with one attached hydrogen (secondary N) is 2. The largest absolute Gasteiger partial charge is 0.450 e. The number of sulfonamides is 1. The quantitative estimate of drug-likeness (QED) is 0.550. The summed E-state index contributed by atoms with van der Waals surface area (Å²) in [6, 6.07) is 9.33. The number of nitro benzene ring substituents is 1. The molecular weight excluding hydrogens is 374 g/mol. The number of hydrogen-bond acceptors (Lipinski definition) is 6. The summed E-state index contributed by atoms with van der Waals surface area (Å²) in [4.78, 5) is 21.6. The van der Waals surface area contributed by atoms with Crippen molar-refractivity contribution < 1.29 is 22.9 Å². The molecule has 0 aliphatic carbocycles. The van der Waals surface area contributed by atoms with Crippen molar-refractivity contribution in [2.24, 2.45) is 0 Å². The van der Waals surface area contributed by atoms with Crippen molar-refractivity contribution in [1.82, 2.24) is 4.72 Å². The van der Waals surface area contributed by atoms with Crippen molar-refractivity contribution in [3.05, 3.63) is 52.6 Å². The van der Waals surface area contributed by atoms with Crippen LogP contribution in [0.2, 0.25) is 0 Å². The third-order valence-electron chi connectivity index (χ3n) is 3.21. The molecule has 27 heavy (non-hydrogen) atoms. The van der Waals surface area contributed by atoms with Gasteiger partial charge in [-0.05, 0) is 38.1 Å². The number of carbonyl (C=O) groups is 1. The minimum absolute atomic E-state index is 0.122. The van der Waals surface area contributed by atoms with E-state index < -0.39 is 20.6 Å². The Morgan fingerprint density at radius 3 is 2.48 bits per heavy atom. The van der Waals surface area contributed by atoms with E-state index in [9.17, 15) is 23.3 Å². The molecular formula is C17H19N3O6S. The molecule has 2 rings (SSSR count). The minimum Gasteiger partial charge on any atom is -0.450 e. The third kappa shape index (κ3) is 5.50. The number of anilines is 1. The molecule has 0 aliphatic heterocycles. The van der Waals surface area contributed by atoms with Gasteiger partial charge in [0.25, 0.3) is 0 Å². The van der Waals surface area contributed by atoms with Crippen LogP contribution in [0, 0.1) is 10.1 Å². The molecule has 10 heteroatoms. The summed E-state index contributed by atoms with van der Waals surface area (Å²) in [5.74, 6) is -0.144. The molecule has 0 radical (unpaired) electrons. The Labute approximate surface area is 156 Å². The predicted molar refractivity (Wildman–Crippen MR) is 99.4 cm³/mol. The van der Waals surface area contributed by atoms with Gasteiger partial charge >= 0.3 is 5.69 Å². The molecule has 0 saturated heterocycles. The topological polar surface area (TPSA) is 128 Å². The van der Waals surface area contributed by atoms with Crippen molar-refractivity contribution in [3.63, 3.8) is 0 Å². The number of nitrogens with zero attached hydrogens (tertiary/aromatic N) is 1. The standard InChI is InChI=1S/C17H19N3O6S/c1-11(2)19-27(24,25)15-7-8-17(16(10-15)20(22)23)26-14-6-4-5-13(9-14)18-12(3)21/h4-11,19H,1-3H3,(H,18,21). The van der Waals surface area contributed by atoms with Gasteiger partial charge in [-0.3, -0.25) is 14.9 Å². The fourth-order valence-corrected chi connectivity index (χ4v) is 3.51. The molecule has 0 unspecified atom stereocenters. The van der Waals surface area contributed by atoms with Gasteiger partial charge in [-0.1, -0.05) is 6.07 Å². The number of rotatable bonds is 7. The maximum absolute atomic E-state index is 12.2.